The summed E-state index contributed by atoms with van der Waals surface area (Å²) < 4.78 is 0. The largest absolute Gasteiger partial charge is 0.349 e. The third-order valence-electron chi connectivity index (χ3n) is 5.18. The van der Waals surface area contributed by atoms with E-state index in [0.29, 0.717) is 22.5 Å². The highest BCUT2D eigenvalue weighted by atomic mass is 16.2. The Balaban J connectivity index is 1.85. The molecule has 1 aromatic carbocycles. The van der Waals surface area contributed by atoms with Crippen LogP contribution < -0.4 is 16.4 Å². The summed E-state index contributed by atoms with van der Waals surface area (Å²) in [4.78, 5) is 40.6. The number of carbonyl (C=O) groups is 1. The molecular formula is C19H25N3O3. The van der Waals surface area contributed by atoms with Gasteiger partial charge in [0.2, 0.25) is 0 Å². The molecule has 6 nitrogen and oxygen atoms in total. The maximum Gasteiger partial charge on any atom is 0.314 e. The van der Waals surface area contributed by atoms with Crippen molar-refractivity contribution < 1.29 is 4.79 Å². The van der Waals surface area contributed by atoms with Crippen LogP contribution in [-0.2, 0) is 0 Å². The fourth-order valence-electron chi connectivity index (χ4n) is 3.85. The number of amides is 1. The number of hydrogen-bond donors (Lipinski definition) is 3. The Morgan fingerprint density at radius 1 is 1.04 bits per heavy atom. The highest BCUT2D eigenvalue weighted by molar-refractivity contribution is 5.97. The first kappa shape index (κ1) is 17.5. The summed E-state index contributed by atoms with van der Waals surface area (Å²) in [5.41, 5.74) is 0.171. The average Bonchev–Trinajstić information content (AvgIpc) is 2.55. The van der Waals surface area contributed by atoms with Crippen molar-refractivity contribution in [1.29, 1.82) is 0 Å². The average molecular weight is 343 g/mol. The Morgan fingerprint density at radius 2 is 1.68 bits per heavy atom. The molecule has 0 bridgehead atoms. The Labute approximate surface area is 146 Å². The molecule has 1 aliphatic carbocycles. The summed E-state index contributed by atoms with van der Waals surface area (Å²) >= 11 is 0. The fourth-order valence-corrected chi connectivity index (χ4v) is 3.85. The van der Waals surface area contributed by atoms with Gasteiger partial charge in [-0.05, 0) is 42.4 Å². The SMILES string of the molecule is CC(C)(C)C1CCCCC1NC(=O)c1ccc2[nH]c(=O)c(=O)[nH]c2c1. The molecule has 1 heterocycles. The van der Waals surface area contributed by atoms with Gasteiger partial charge in [-0.25, -0.2) is 0 Å². The van der Waals surface area contributed by atoms with Gasteiger partial charge in [0.1, 0.15) is 0 Å². The molecule has 0 radical (unpaired) electrons. The summed E-state index contributed by atoms with van der Waals surface area (Å²) in [6, 6.07) is 5.08. The Hall–Kier alpha value is -2.37. The maximum atomic E-state index is 12.7. The topological polar surface area (TPSA) is 94.8 Å². The molecule has 2 atom stereocenters. The minimum absolute atomic E-state index is 0.143. The van der Waals surface area contributed by atoms with Crippen molar-refractivity contribution in [2.75, 3.05) is 0 Å². The number of benzene rings is 1. The molecule has 0 spiro atoms. The van der Waals surface area contributed by atoms with E-state index in [-0.39, 0.29) is 17.4 Å². The van der Waals surface area contributed by atoms with E-state index in [4.69, 9.17) is 0 Å². The third-order valence-corrected chi connectivity index (χ3v) is 5.18. The van der Waals surface area contributed by atoms with Gasteiger partial charge in [-0.2, -0.15) is 0 Å². The third kappa shape index (κ3) is 3.67. The predicted molar refractivity (Wildman–Crippen MR) is 97.9 cm³/mol. The van der Waals surface area contributed by atoms with Crippen molar-refractivity contribution in [3.8, 4) is 0 Å². The van der Waals surface area contributed by atoms with Gasteiger partial charge in [-0.3, -0.25) is 14.4 Å². The number of hydrogen-bond acceptors (Lipinski definition) is 3. The van der Waals surface area contributed by atoms with Gasteiger partial charge < -0.3 is 15.3 Å². The number of aromatic nitrogens is 2. The molecule has 0 aliphatic heterocycles. The lowest BCUT2D eigenvalue weighted by molar-refractivity contribution is 0.0830. The van der Waals surface area contributed by atoms with Crippen LogP contribution in [0.15, 0.2) is 27.8 Å². The zero-order chi connectivity index (χ0) is 18.2. The molecule has 3 rings (SSSR count). The summed E-state index contributed by atoms with van der Waals surface area (Å²) in [6.07, 6.45) is 4.45. The van der Waals surface area contributed by atoms with Crippen LogP contribution in [0.1, 0.15) is 56.8 Å². The molecule has 2 unspecified atom stereocenters. The quantitative estimate of drug-likeness (QED) is 0.731. The second kappa shape index (κ2) is 6.50. The Morgan fingerprint density at radius 3 is 2.36 bits per heavy atom. The molecule has 25 heavy (non-hydrogen) atoms. The number of nitrogens with one attached hydrogen (secondary N) is 3. The first-order valence-corrected chi connectivity index (χ1v) is 8.83. The van der Waals surface area contributed by atoms with Crippen molar-refractivity contribution in [1.82, 2.24) is 15.3 Å². The molecular weight excluding hydrogens is 318 g/mol. The van der Waals surface area contributed by atoms with Gasteiger partial charge in [-0.1, -0.05) is 33.6 Å². The minimum Gasteiger partial charge on any atom is -0.349 e. The van der Waals surface area contributed by atoms with Crippen molar-refractivity contribution in [3.05, 3.63) is 44.5 Å². The molecule has 1 amide bonds. The van der Waals surface area contributed by atoms with Crippen LogP contribution in [0.3, 0.4) is 0 Å². The monoisotopic (exact) mass is 343 g/mol. The molecule has 6 heteroatoms. The number of rotatable bonds is 2. The fraction of sp³-hybridized carbons (Fsp3) is 0.526. The molecule has 1 aromatic heterocycles. The van der Waals surface area contributed by atoms with Gasteiger partial charge >= 0.3 is 11.1 Å². The van der Waals surface area contributed by atoms with E-state index in [1.54, 1.807) is 18.2 Å². The van der Waals surface area contributed by atoms with Gasteiger partial charge in [0.25, 0.3) is 5.91 Å². The van der Waals surface area contributed by atoms with Crippen LogP contribution in [0.4, 0.5) is 0 Å². The van der Waals surface area contributed by atoms with E-state index in [9.17, 15) is 14.4 Å². The first-order valence-electron chi connectivity index (χ1n) is 8.83. The molecule has 2 aromatic rings. The van der Waals surface area contributed by atoms with Crippen molar-refractivity contribution in [2.24, 2.45) is 11.3 Å². The number of fused-ring (bicyclic) bond motifs is 1. The van der Waals surface area contributed by atoms with Gasteiger partial charge in [0.05, 0.1) is 11.0 Å². The Kier molecular flexibility index (Phi) is 4.54. The zero-order valence-electron chi connectivity index (χ0n) is 14.9. The second-order valence-corrected chi connectivity index (χ2v) is 8.01. The summed E-state index contributed by atoms with van der Waals surface area (Å²) in [5.74, 6) is 0.303. The summed E-state index contributed by atoms with van der Waals surface area (Å²) in [7, 11) is 0. The predicted octanol–water partition coefficient (Wildman–Crippen LogP) is 2.55. The highest BCUT2D eigenvalue weighted by Gasteiger charge is 2.35. The van der Waals surface area contributed by atoms with Gasteiger partial charge in [-0.15, -0.1) is 0 Å². The second-order valence-electron chi connectivity index (χ2n) is 8.01. The van der Waals surface area contributed by atoms with E-state index in [1.165, 1.54) is 6.42 Å². The van der Waals surface area contributed by atoms with Crippen LogP contribution in [-0.4, -0.2) is 21.9 Å². The summed E-state index contributed by atoms with van der Waals surface area (Å²) in [6.45, 7) is 6.66. The van der Waals surface area contributed by atoms with Crippen LogP contribution in [0.5, 0.6) is 0 Å². The van der Waals surface area contributed by atoms with Crippen LogP contribution >= 0.6 is 0 Å². The lowest BCUT2D eigenvalue weighted by atomic mass is 9.69. The molecule has 3 N–H and O–H groups in total. The lowest BCUT2D eigenvalue weighted by Gasteiger charge is -2.40. The minimum atomic E-state index is -0.717. The molecule has 134 valence electrons. The molecule has 0 saturated heterocycles. The standard InChI is InChI=1S/C19H25N3O3/c1-19(2,3)12-6-4-5-7-13(12)20-16(23)11-8-9-14-15(10-11)22-18(25)17(24)21-14/h8-10,12-13H,4-7H2,1-3H3,(H,20,23)(H,21,24)(H,22,25). The van der Waals surface area contributed by atoms with E-state index in [0.717, 1.165) is 19.3 Å². The van der Waals surface area contributed by atoms with Gasteiger partial charge in [0, 0.05) is 11.6 Å². The molecule has 1 saturated carbocycles. The van der Waals surface area contributed by atoms with Crippen LogP contribution in [0.2, 0.25) is 0 Å². The first-order chi connectivity index (χ1) is 11.8. The molecule has 1 aliphatic rings. The van der Waals surface area contributed by atoms with Crippen molar-refractivity contribution in [2.45, 2.75) is 52.5 Å². The summed E-state index contributed by atoms with van der Waals surface area (Å²) in [5, 5.41) is 3.18. The highest BCUT2D eigenvalue weighted by Crippen LogP contribution is 2.38. The normalized spacial score (nSPS) is 21.2. The van der Waals surface area contributed by atoms with E-state index in [2.05, 4.69) is 36.1 Å². The zero-order valence-corrected chi connectivity index (χ0v) is 14.9. The van der Waals surface area contributed by atoms with E-state index >= 15 is 0 Å². The number of carbonyl (C=O) groups excluding carboxylic acids is 1. The molecule has 1 fully saturated rings. The van der Waals surface area contributed by atoms with Crippen molar-refractivity contribution in [3.63, 3.8) is 0 Å². The van der Waals surface area contributed by atoms with E-state index < -0.39 is 11.1 Å². The van der Waals surface area contributed by atoms with Crippen LogP contribution in [0, 0.1) is 11.3 Å². The number of aromatic amines is 2. The Bertz CT molecular complexity index is 904. The maximum absolute atomic E-state index is 12.7. The smallest absolute Gasteiger partial charge is 0.314 e. The van der Waals surface area contributed by atoms with E-state index in [1.807, 2.05) is 0 Å². The van der Waals surface area contributed by atoms with Crippen molar-refractivity contribution >= 4 is 16.9 Å². The van der Waals surface area contributed by atoms with Crippen LogP contribution in [0.25, 0.3) is 11.0 Å². The number of H-pyrrole nitrogens is 2. The van der Waals surface area contributed by atoms with Gasteiger partial charge in [0.15, 0.2) is 0 Å². The lowest BCUT2D eigenvalue weighted by Crippen LogP contribution is -2.46.